The zero-order chi connectivity index (χ0) is 18.4. The summed E-state index contributed by atoms with van der Waals surface area (Å²) in [6.07, 6.45) is 0.00179. The van der Waals surface area contributed by atoms with Crippen molar-refractivity contribution in [3.8, 4) is 5.75 Å². The molecular formula is C15H15F2N3O4S. The molecule has 0 aromatic heterocycles. The summed E-state index contributed by atoms with van der Waals surface area (Å²) in [5.74, 6) is -0.365. The summed E-state index contributed by atoms with van der Waals surface area (Å²) >= 11 is 0. The second-order valence-electron chi connectivity index (χ2n) is 4.98. The first-order chi connectivity index (χ1) is 11.7. The number of carbonyl (C=O) groups is 1. The zero-order valence-corrected chi connectivity index (χ0v) is 13.6. The fourth-order valence-electron chi connectivity index (χ4n) is 2.00. The molecule has 2 aromatic rings. The van der Waals surface area contributed by atoms with Crippen LogP contribution in [0.3, 0.4) is 0 Å². The molecule has 2 rings (SSSR count). The van der Waals surface area contributed by atoms with Gasteiger partial charge in [0.2, 0.25) is 5.91 Å². The van der Waals surface area contributed by atoms with E-state index in [0.29, 0.717) is 11.3 Å². The van der Waals surface area contributed by atoms with Gasteiger partial charge in [0.1, 0.15) is 5.75 Å². The van der Waals surface area contributed by atoms with Crippen molar-refractivity contribution in [2.24, 2.45) is 5.14 Å². The van der Waals surface area contributed by atoms with E-state index in [1.807, 2.05) is 0 Å². The predicted molar refractivity (Wildman–Crippen MR) is 88.6 cm³/mol. The van der Waals surface area contributed by atoms with Crippen LogP contribution in [0.4, 0.5) is 20.2 Å². The van der Waals surface area contributed by atoms with Crippen molar-refractivity contribution >= 4 is 27.5 Å². The summed E-state index contributed by atoms with van der Waals surface area (Å²) in [5.41, 5.74) is 1.17. The molecule has 7 nitrogen and oxygen atoms in total. The number of hydrogen-bond acceptors (Lipinski definition) is 4. The molecule has 25 heavy (non-hydrogen) atoms. The van der Waals surface area contributed by atoms with Crippen molar-refractivity contribution in [3.63, 3.8) is 0 Å². The zero-order valence-electron chi connectivity index (χ0n) is 12.8. The lowest BCUT2D eigenvalue weighted by Gasteiger charge is -2.09. The Morgan fingerprint density at radius 1 is 1.12 bits per heavy atom. The highest BCUT2D eigenvalue weighted by Gasteiger charge is 2.08. The Balaban J connectivity index is 1.97. The molecule has 1 amide bonds. The quantitative estimate of drug-likeness (QED) is 0.692. The number of carbonyl (C=O) groups excluding carboxylic acids is 1. The van der Waals surface area contributed by atoms with Gasteiger partial charge in [-0.1, -0.05) is 18.2 Å². The molecule has 0 aliphatic carbocycles. The summed E-state index contributed by atoms with van der Waals surface area (Å²) in [6.45, 7) is -2.91. The smallest absolute Gasteiger partial charge is 0.387 e. The van der Waals surface area contributed by atoms with Crippen LogP contribution in [-0.2, 0) is 21.4 Å². The summed E-state index contributed by atoms with van der Waals surface area (Å²) in [6, 6.07) is 11.7. The van der Waals surface area contributed by atoms with E-state index in [-0.39, 0.29) is 23.8 Å². The molecule has 0 unspecified atom stereocenters. The first kappa shape index (κ1) is 18.6. The molecule has 0 fully saturated rings. The van der Waals surface area contributed by atoms with E-state index in [4.69, 9.17) is 5.14 Å². The van der Waals surface area contributed by atoms with Crippen molar-refractivity contribution in [1.82, 2.24) is 0 Å². The minimum Gasteiger partial charge on any atom is -0.435 e. The molecular weight excluding hydrogens is 356 g/mol. The van der Waals surface area contributed by atoms with Crippen LogP contribution < -0.4 is 19.9 Å². The van der Waals surface area contributed by atoms with E-state index in [1.165, 1.54) is 36.4 Å². The van der Waals surface area contributed by atoms with E-state index < -0.39 is 16.8 Å². The highest BCUT2D eigenvalue weighted by molar-refractivity contribution is 7.90. The Kier molecular flexibility index (Phi) is 5.88. The number of halogens is 2. The molecule has 4 N–H and O–H groups in total. The van der Waals surface area contributed by atoms with E-state index in [0.717, 1.165) is 0 Å². The molecule has 0 heterocycles. The molecule has 0 bridgehead atoms. The van der Waals surface area contributed by atoms with Crippen LogP contribution in [0.25, 0.3) is 0 Å². The van der Waals surface area contributed by atoms with Crippen molar-refractivity contribution in [3.05, 3.63) is 54.1 Å². The van der Waals surface area contributed by atoms with Crippen LogP contribution in [0.1, 0.15) is 5.56 Å². The maximum atomic E-state index is 12.1. The van der Waals surface area contributed by atoms with E-state index in [2.05, 4.69) is 14.8 Å². The fraction of sp³-hybridized carbons (Fsp3) is 0.133. The number of rotatable bonds is 7. The molecule has 0 atom stereocenters. The largest absolute Gasteiger partial charge is 0.435 e. The van der Waals surface area contributed by atoms with Crippen molar-refractivity contribution in [1.29, 1.82) is 0 Å². The van der Waals surface area contributed by atoms with Gasteiger partial charge in [-0.15, -0.1) is 0 Å². The maximum Gasteiger partial charge on any atom is 0.387 e. The number of nitrogens with one attached hydrogen (secondary N) is 2. The number of benzene rings is 2. The topological polar surface area (TPSA) is 111 Å². The second kappa shape index (κ2) is 7.90. The molecule has 134 valence electrons. The van der Waals surface area contributed by atoms with Crippen LogP contribution in [0.2, 0.25) is 0 Å². The number of amides is 1. The summed E-state index contributed by atoms with van der Waals surface area (Å²) < 4.78 is 52.4. The SMILES string of the molecule is NS(=O)(=O)Nc1cccc(NC(=O)Cc2ccc(OC(F)F)cc2)c1. The second-order valence-corrected chi connectivity index (χ2v) is 6.27. The highest BCUT2D eigenvalue weighted by Crippen LogP contribution is 2.17. The van der Waals surface area contributed by atoms with Gasteiger partial charge in [0.25, 0.3) is 10.2 Å². The number of ether oxygens (including phenoxy) is 1. The molecule has 0 saturated heterocycles. The average Bonchev–Trinajstić information content (AvgIpc) is 2.47. The Labute approximate surface area is 143 Å². The van der Waals surface area contributed by atoms with Crippen LogP contribution in [0.15, 0.2) is 48.5 Å². The van der Waals surface area contributed by atoms with Gasteiger partial charge >= 0.3 is 6.61 Å². The highest BCUT2D eigenvalue weighted by atomic mass is 32.2. The van der Waals surface area contributed by atoms with Crippen LogP contribution in [-0.4, -0.2) is 20.9 Å². The van der Waals surface area contributed by atoms with E-state index in [1.54, 1.807) is 12.1 Å². The van der Waals surface area contributed by atoms with Crippen LogP contribution in [0, 0.1) is 0 Å². The lowest BCUT2D eigenvalue weighted by Crippen LogP contribution is -2.21. The molecule has 0 saturated carbocycles. The normalized spacial score (nSPS) is 11.2. The molecule has 2 aromatic carbocycles. The van der Waals surface area contributed by atoms with Crippen LogP contribution >= 0.6 is 0 Å². The van der Waals surface area contributed by atoms with Gasteiger partial charge < -0.3 is 10.1 Å². The number of nitrogens with two attached hydrogens (primary N) is 1. The predicted octanol–water partition coefficient (Wildman–Crippen LogP) is 2.08. The van der Waals surface area contributed by atoms with Crippen molar-refractivity contribution < 1.29 is 26.7 Å². The molecule has 0 radical (unpaired) electrons. The minimum atomic E-state index is -3.91. The minimum absolute atomic E-state index is 0.000859. The third kappa shape index (κ3) is 6.73. The van der Waals surface area contributed by atoms with Gasteiger partial charge in [0.05, 0.1) is 12.1 Å². The number of hydrogen-bond donors (Lipinski definition) is 3. The monoisotopic (exact) mass is 371 g/mol. The third-order valence-corrected chi connectivity index (χ3v) is 3.44. The standard InChI is InChI=1S/C15H15F2N3O4S/c16-15(17)24-13-6-4-10(5-7-13)8-14(21)19-11-2-1-3-12(9-11)20-25(18,22)23/h1-7,9,15,20H,8H2,(H,19,21)(H2,18,22,23). The Bertz CT molecular complexity index is 842. The number of alkyl halides is 2. The fourth-order valence-corrected chi connectivity index (χ4v) is 2.46. The van der Waals surface area contributed by atoms with Gasteiger partial charge in [-0.3, -0.25) is 9.52 Å². The molecule has 0 spiro atoms. The lowest BCUT2D eigenvalue weighted by molar-refractivity contribution is -0.115. The summed E-state index contributed by atoms with van der Waals surface area (Å²) in [4.78, 5) is 12.0. The van der Waals surface area contributed by atoms with Gasteiger partial charge in [0, 0.05) is 5.69 Å². The first-order valence-electron chi connectivity index (χ1n) is 6.95. The number of anilines is 2. The summed E-state index contributed by atoms with van der Waals surface area (Å²) in [5, 5.41) is 7.48. The van der Waals surface area contributed by atoms with E-state index >= 15 is 0 Å². The summed E-state index contributed by atoms with van der Waals surface area (Å²) in [7, 11) is -3.91. The van der Waals surface area contributed by atoms with Gasteiger partial charge in [-0.2, -0.15) is 17.2 Å². The van der Waals surface area contributed by atoms with Gasteiger partial charge in [-0.05, 0) is 35.9 Å². The van der Waals surface area contributed by atoms with Gasteiger partial charge in [0.15, 0.2) is 0 Å². The van der Waals surface area contributed by atoms with Crippen molar-refractivity contribution in [2.45, 2.75) is 13.0 Å². The molecule has 0 aliphatic rings. The average molecular weight is 371 g/mol. The van der Waals surface area contributed by atoms with Crippen molar-refractivity contribution in [2.75, 3.05) is 10.0 Å². The first-order valence-corrected chi connectivity index (χ1v) is 8.50. The Morgan fingerprint density at radius 3 is 2.36 bits per heavy atom. The van der Waals surface area contributed by atoms with Gasteiger partial charge in [-0.25, -0.2) is 5.14 Å². The Morgan fingerprint density at radius 2 is 1.76 bits per heavy atom. The molecule has 10 heteroatoms. The lowest BCUT2D eigenvalue weighted by atomic mass is 10.1. The van der Waals surface area contributed by atoms with E-state index in [9.17, 15) is 22.0 Å². The van der Waals surface area contributed by atoms with Crippen LogP contribution in [0.5, 0.6) is 5.75 Å². The maximum absolute atomic E-state index is 12.1. The Hall–Kier alpha value is -2.72. The third-order valence-electron chi connectivity index (χ3n) is 2.92. The molecule has 0 aliphatic heterocycles.